The van der Waals surface area contributed by atoms with Gasteiger partial charge in [0.25, 0.3) is 11.1 Å². The number of nitrogens with one attached hydrogen (secondary N) is 1. The Morgan fingerprint density at radius 1 is 1.56 bits per heavy atom. The van der Waals surface area contributed by atoms with E-state index in [1.165, 1.54) is 0 Å². The average molecular weight is 275 g/mol. The lowest BCUT2D eigenvalue weighted by Gasteiger charge is -2.11. The number of alkyl halides is 2. The molecule has 1 rings (SSSR count). The molecule has 8 heteroatoms. The van der Waals surface area contributed by atoms with Crippen LogP contribution in [0.4, 0.5) is 13.6 Å². The van der Waals surface area contributed by atoms with E-state index in [4.69, 9.17) is 6.42 Å². The zero-order valence-electron chi connectivity index (χ0n) is 8.87. The number of imide groups is 1. The number of rotatable bonds is 4. The van der Waals surface area contributed by atoms with Crippen molar-refractivity contribution in [2.45, 2.75) is 18.8 Å². The molecule has 0 saturated carbocycles. The first-order valence-electron chi connectivity index (χ1n) is 4.62. The van der Waals surface area contributed by atoms with Crippen LogP contribution in [-0.4, -0.2) is 23.0 Å². The predicted octanol–water partition coefficient (Wildman–Crippen LogP) is 1.40. The van der Waals surface area contributed by atoms with E-state index < -0.39 is 29.5 Å². The summed E-state index contributed by atoms with van der Waals surface area (Å²) in [6, 6.07) is 0. The molecule has 2 amide bonds. The summed E-state index contributed by atoms with van der Waals surface area (Å²) in [7, 11) is 0. The number of ether oxygens (including phenoxy) is 1. The van der Waals surface area contributed by atoms with Crippen LogP contribution in [0.3, 0.4) is 0 Å². The molecular formula is C10H7F2NO4S. The second-order valence-electron chi connectivity index (χ2n) is 3.14. The average Bonchev–Trinajstić information content (AvgIpc) is 2.62. The Labute approximate surface area is 105 Å². The normalized spacial score (nSPS) is 17.5. The molecule has 0 bridgehead atoms. The maximum Gasteiger partial charge on any atom is 0.381 e. The van der Waals surface area contributed by atoms with Gasteiger partial charge in [0.15, 0.2) is 0 Å². The molecule has 0 spiro atoms. The number of carbonyl (C=O) groups excluding carboxylic acids is 3. The highest BCUT2D eigenvalue weighted by molar-refractivity contribution is 8.18. The van der Waals surface area contributed by atoms with Crippen molar-refractivity contribution in [3.63, 3.8) is 0 Å². The summed E-state index contributed by atoms with van der Waals surface area (Å²) in [6.07, 6.45) is 4.20. The van der Waals surface area contributed by atoms with Gasteiger partial charge in [-0.1, -0.05) is 0 Å². The van der Waals surface area contributed by atoms with E-state index in [2.05, 4.69) is 4.74 Å². The molecule has 96 valence electrons. The summed E-state index contributed by atoms with van der Waals surface area (Å²) >= 11 is 0.451. The second kappa shape index (κ2) is 5.64. The van der Waals surface area contributed by atoms with E-state index in [1.807, 2.05) is 11.2 Å². The summed E-state index contributed by atoms with van der Waals surface area (Å²) in [6.45, 7) is 0. The number of terminal acetylenes is 1. The monoisotopic (exact) mass is 275 g/mol. The highest BCUT2D eigenvalue weighted by Crippen LogP contribution is 2.25. The predicted molar refractivity (Wildman–Crippen MR) is 58.3 cm³/mol. The Hall–Kier alpha value is -1.88. The third-order valence-electron chi connectivity index (χ3n) is 1.80. The van der Waals surface area contributed by atoms with Gasteiger partial charge in [-0.15, -0.1) is 12.3 Å². The number of hydrogen-bond acceptors (Lipinski definition) is 5. The van der Waals surface area contributed by atoms with Gasteiger partial charge in [0.1, 0.15) is 11.2 Å². The second-order valence-corrected chi connectivity index (χ2v) is 4.15. The fourth-order valence-corrected chi connectivity index (χ4v) is 1.51. The fraction of sp³-hybridized carbons (Fsp3) is 0.300. The largest absolute Gasteiger partial charge is 0.429 e. The Morgan fingerprint density at radius 3 is 2.72 bits per heavy atom. The van der Waals surface area contributed by atoms with Crippen molar-refractivity contribution in [3.8, 4) is 12.3 Å². The zero-order valence-corrected chi connectivity index (χ0v) is 9.68. The van der Waals surface area contributed by atoms with Gasteiger partial charge in [-0.05, 0) is 11.8 Å². The van der Waals surface area contributed by atoms with Gasteiger partial charge in [-0.2, -0.15) is 8.78 Å². The van der Waals surface area contributed by atoms with Crippen LogP contribution in [-0.2, 0) is 14.3 Å². The van der Waals surface area contributed by atoms with Crippen molar-refractivity contribution in [1.29, 1.82) is 0 Å². The Balaban J connectivity index is 2.61. The van der Waals surface area contributed by atoms with Crippen LogP contribution in [0.2, 0.25) is 0 Å². The highest BCUT2D eigenvalue weighted by Gasteiger charge is 2.40. The maximum atomic E-state index is 13.1. The first kappa shape index (κ1) is 14.2. The van der Waals surface area contributed by atoms with Gasteiger partial charge < -0.3 is 4.74 Å². The van der Waals surface area contributed by atoms with Crippen molar-refractivity contribution in [2.24, 2.45) is 0 Å². The minimum Gasteiger partial charge on any atom is -0.429 e. The third kappa shape index (κ3) is 3.56. The Bertz CT molecular complexity index is 467. The number of thioether (sulfide) groups is 1. The van der Waals surface area contributed by atoms with Gasteiger partial charge >= 0.3 is 11.9 Å². The zero-order chi connectivity index (χ0) is 13.8. The third-order valence-corrected chi connectivity index (χ3v) is 2.59. The SMILES string of the molecule is C#CCCC(F)(F)C(=O)OC=C1SC(=O)NC1=O. The lowest BCUT2D eigenvalue weighted by molar-refractivity contribution is -0.166. The molecule has 5 nitrogen and oxygen atoms in total. The maximum absolute atomic E-state index is 13.1. The summed E-state index contributed by atoms with van der Waals surface area (Å²) in [4.78, 5) is 32.5. The minimum atomic E-state index is -3.73. The van der Waals surface area contributed by atoms with E-state index in [0.29, 0.717) is 18.0 Å². The molecule has 1 aliphatic heterocycles. The number of carbonyl (C=O) groups is 3. The van der Waals surface area contributed by atoms with E-state index in [1.54, 1.807) is 0 Å². The molecule has 1 heterocycles. The quantitative estimate of drug-likeness (QED) is 0.363. The van der Waals surface area contributed by atoms with Gasteiger partial charge in [0, 0.05) is 12.8 Å². The molecule has 0 unspecified atom stereocenters. The van der Waals surface area contributed by atoms with E-state index in [0.717, 1.165) is 0 Å². The van der Waals surface area contributed by atoms with Crippen molar-refractivity contribution in [2.75, 3.05) is 0 Å². The van der Waals surface area contributed by atoms with Crippen molar-refractivity contribution < 1.29 is 27.9 Å². The first-order chi connectivity index (χ1) is 8.36. The van der Waals surface area contributed by atoms with Gasteiger partial charge in [-0.3, -0.25) is 14.9 Å². The summed E-state index contributed by atoms with van der Waals surface area (Å²) in [5.41, 5.74) is 0. The van der Waals surface area contributed by atoms with Crippen LogP contribution in [0.1, 0.15) is 12.8 Å². The molecule has 18 heavy (non-hydrogen) atoms. The number of esters is 1. The summed E-state index contributed by atoms with van der Waals surface area (Å²) < 4.78 is 30.3. The fourth-order valence-electron chi connectivity index (χ4n) is 0.928. The van der Waals surface area contributed by atoms with Gasteiger partial charge in [0.2, 0.25) is 0 Å². The molecular weight excluding hydrogens is 268 g/mol. The van der Waals surface area contributed by atoms with Gasteiger partial charge in [0.05, 0.1) is 0 Å². The molecule has 0 radical (unpaired) electrons. The van der Waals surface area contributed by atoms with Crippen LogP contribution in [0.5, 0.6) is 0 Å². The standard InChI is InChI=1S/C10H7F2NO4S/c1-2-3-4-10(11,12)8(15)17-5-6-7(14)13-9(16)18-6/h1,5H,3-4H2,(H,13,14,16). The Kier molecular flexibility index (Phi) is 4.44. The first-order valence-corrected chi connectivity index (χ1v) is 5.44. The van der Waals surface area contributed by atoms with E-state index in [-0.39, 0.29) is 11.3 Å². The van der Waals surface area contributed by atoms with Gasteiger partial charge in [-0.25, -0.2) is 4.79 Å². The van der Waals surface area contributed by atoms with Crippen molar-refractivity contribution in [3.05, 3.63) is 11.2 Å². The molecule has 1 fully saturated rings. The van der Waals surface area contributed by atoms with Crippen LogP contribution >= 0.6 is 11.8 Å². The molecule has 0 aromatic carbocycles. The van der Waals surface area contributed by atoms with Crippen LogP contribution < -0.4 is 5.32 Å². The molecule has 0 aromatic heterocycles. The molecule has 0 aromatic rings. The molecule has 1 N–H and O–H groups in total. The topological polar surface area (TPSA) is 72.5 Å². The number of amides is 2. The smallest absolute Gasteiger partial charge is 0.381 e. The number of hydrogen-bond donors (Lipinski definition) is 1. The van der Waals surface area contributed by atoms with Crippen molar-refractivity contribution >= 4 is 28.9 Å². The molecule has 1 saturated heterocycles. The molecule has 0 atom stereocenters. The Morgan fingerprint density at radius 2 is 2.22 bits per heavy atom. The van der Waals surface area contributed by atoms with E-state index in [9.17, 15) is 23.2 Å². The van der Waals surface area contributed by atoms with Crippen LogP contribution in [0.25, 0.3) is 0 Å². The number of halogens is 2. The van der Waals surface area contributed by atoms with E-state index >= 15 is 0 Å². The summed E-state index contributed by atoms with van der Waals surface area (Å²) in [5, 5.41) is 1.21. The summed E-state index contributed by atoms with van der Waals surface area (Å²) in [5.74, 6) is -4.38. The van der Waals surface area contributed by atoms with Crippen LogP contribution in [0, 0.1) is 12.3 Å². The lowest BCUT2D eigenvalue weighted by atomic mass is 10.2. The van der Waals surface area contributed by atoms with Crippen molar-refractivity contribution in [1.82, 2.24) is 5.32 Å². The molecule has 0 aliphatic carbocycles. The highest BCUT2D eigenvalue weighted by atomic mass is 32.2. The lowest BCUT2D eigenvalue weighted by Crippen LogP contribution is -2.29. The minimum absolute atomic E-state index is 0.263. The molecule has 1 aliphatic rings. The van der Waals surface area contributed by atoms with Crippen LogP contribution in [0.15, 0.2) is 11.2 Å².